The van der Waals surface area contributed by atoms with E-state index < -0.39 is 5.97 Å². The van der Waals surface area contributed by atoms with Crippen LogP contribution in [0, 0.1) is 12.3 Å². The molecule has 1 heterocycles. The Labute approximate surface area is 76.8 Å². The number of ether oxygens (including phenoxy) is 1. The SMILES string of the molecule is C#Cc1cccnc1C(=O)OCC. The van der Waals surface area contributed by atoms with Gasteiger partial charge in [0.1, 0.15) is 0 Å². The van der Waals surface area contributed by atoms with Gasteiger partial charge in [-0.3, -0.25) is 0 Å². The molecule has 0 aliphatic heterocycles. The van der Waals surface area contributed by atoms with Crippen LogP contribution in [0.25, 0.3) is 0 Å². The lowest BCUT2D eigenvalue weighted by Gasteiger charge is -2.01. The highest BCUT2D eigenvalue weighted by Crippen LogP contribution is 2.04. The van der Waals surface area contributed by atoms with Crippen LogP contribution < -0.4 is 0 Å². The van der Waals surface area contributed by atoms with Crippen molar-refractivity contribution >= 4 is 5.97 Å². The molecule has 0 spiro atoms. The lowest BCUT2D eigenvalue weighted by atomic mass is 10.2. The lowest BCUT2D eigenvalue weighted by molar-refractivity contribution is 0.0519. The maximum atomic E-state index is 11.2. The molecule has 0 atom stereocenters. The molecule has 0 radical (unpaired) electrons. The molecule has 0 N–H and O–H groups in total. The third-order valence-corrected chi connectivity index (χ3v) is 1.43. The predicted molar refractivity (Wildman–Crippen MR) is 48.1 cm³/mol. The molecule has 13 heavy (non-hydrogen) atoms. The Morgan fingerprint density at radius 2 is 2.54 bits per heavy atom. The molecule has 3 heteroatoms. The Kier molecular flexibility index (Phi) is 3.04. The Hall–Kier alpha value is -1.82. The van der Waals surface area contributed by atoms with E-state index >= 15 is 0 Å². The van der Waals surface area contributed by atoms with Gasteiger partial charge in [-0.05, 0) is 19.1 Å². The van der Waals surface area contributed by atoms with Gasteiger partial charge in [-0.25, -0.2) is 9.78 Å². The van der Waals surface area contributed by atoms with Crippen molar-refractivity contribution in [3.8, 4) is 12.3 Å². The van der Waals surface area contributed by atoms with Crippen molar-refractivity contribution in [2.75, 3.05) is 6.61 Å². The van der Waals surface area contributed by atoms with Gasteiger partial charge >= 0.3 is 5.97 Å². The molecule has 1 aromatic rings. The molecular weight excluding hydrogens is 166 g/mol. The largest absolute Gasteiger partial charge is 0.461 e. The minimum atomic E-state index is -0.476. The average molecular weight is 175 g/mol. The van der Waals surface area contributed by atoms with Crippen LogP contribution in [0.5, 0.6) is 0 Å². The molecular formula is C10H9NO2. The van der Waals surface area contributed by atoms with Gasteiger partial charge in [0.15, 0.2) is 5.69 Å². The van der Waals surface area contributed by atoms with Crippen LogP contribution in [0.2, 0.25) is 0 Å². The van der Waals surface area contributed by atoms with Crippen molar-refractivity contribution in [1.82, 2.24) is 4.98 Å². The van der Waals surface area contributed by atoms with Crippen LogP contribution in [-0.4, -0.2) is 17.6 Å². The fourth-order valence-electron chi connectivity index (χ4n) is 0.884. The van der Waals surface area contributed by atoms with Crippen molar-refractivity contribution < 1.29 is 9.53 Å². The Morgan fingerprint density at radius 3 is 3.15 bits per heavy atom. The van der Waals surface area contributed by atoms with Gasteiger partial charge in [0.2, 0.25) is 0 Å². The molecule has 0 saturated heterocycles. The number of esters is 1. The minimum Gasteiger partial charge on any atom is -0.461 e. The first-order valence-corrected chi connectivity index (χ1v) is 3.88. The molecule has 0 aromatic carbocycles. The highest BCUT2D eigenvalue weighted by atomic mass is 16.5. The van der Waals surface area contributed by atoms with Gasteiger partial charge in [-0.2, -0.15) is 0 Å². The van der Waals surface area contributed by atoms with Crippen LogP contribution in [0.3, 0.4) is 0 Å². The summed E-state index contributed by atoms with van der Waals surface area (Å²) in [5, 5.41) is 0. The number of nitrogens with zero attached hydrogens (tertiary/aromatic N) is 1. The van der Waals surface area contributed by atoms with E-state index in [0.717, 1.165) is 0 Å². The molecule has 1 aromatic heterocycles. The van der Waals surface area contributed by atoms with Gasteiger partial charge in [-0.1, -0.05) is 5.92 Å². The number of hydrogen-bond donors (Lipinski definition) is 0. The van der Waals surface area contributed by atoms with Crippen molar-refractivity contribution in [3.63, 3.8) is 0 Å². The minimum absolute atomic E-state index is 0.201. The van der Waals surface area contributed by atoms with Gasteiger partial charge < -0.3 is 4.74 Å². The second-order valence-electron chi connectivity index (χ2n) is 2.26. The fraction of sp³-hybridized carbons (Fsp3) is 0.200. The molecule has 1 rings (SSSR count). The van der Waals surface area contributed by atoms with Crippen LogP contribution in [0.1, 0.15) is 23.0 Å². The zero-order chi connectivity index (χ0) is 9.68. The molecule has 0 aliphatic rings. The molecule has 0 aliphatic carbocycles. The first kappa shape index (κ1) is 9.27. The van der Waals surface area contributed by atoms with Gasteiger partial charge in [0.25, 0.3) is 0 Å². The number of carbonyl (C=O) groups excluding carboxylic acids is 1. The van der Waals surface area contributed by atoms with Crippen molar-refractivity contribution in [2.45, 2.75) is 6.92 Å². The lowest BCUT2D eigenvalue weighted by Crippen LogP contribution is -2.08. The second kappa shape index (κ2) is 4.27. The molecule has 0 saturated carbocycles. The van der Waals surface area contributed by atoms with Crippen LogP contribution in [0.4, 0.5) is 0 Å². The summed E-state index contributed by atoms with van der Waals surface area (Å²) in [5.74, 6) is 1.90. The summed E-state index contributed by atoms with van der Waals surface area (Å²) in [4.78, 5) is 15.1. The van der Waals surface area contributed by atoms with E-state index in [0.29, 0.717) is 12.2 Å². The maximum Gasteiger partial charge on any atom is 0.358 e. The average Bonchev–Trinajstić information content (AvgIpc) is 2.18. The van der Waals surface area contributed by atoms with E-state index in [9.17, 15) is 4.79 Å². The molecule has 0 unspecified atom stereocenters. The Bertz CT molecular complexity index is 352. The summed E-state index contributed by atoms with van der Waals surface area (Å²) in [6.45, 7) is 2.05. The number of terminal acetylenes is 1. The van der Waals surface area contributed by atoms with Crippen LogP contribution >= 0.6 is 0 Å². The smallest absolute Gasteiger partial charge is 0.358 e. The van der Waals surface area contributed by atoms with E-state index in [4.69, 9.17) is 11.2 Å². The molecule has 3 nitrogen and oxygen atoms in total. The zero-order valence-corrected chi connectivity index (χ0v) is 7.28. The number of aromatic nitrogens is 1. The third-order valence-electron chi connectivity index (χ3n) is 1.43. The first-order valence-electron chi connectivity index (χ1n) is 3.88. The van der Waals surface area contributed by atoms with Crippen molar-refractivity contribution in [2.24, 2.45) is 0 Å². The predicted octanol–water partition coefficient (Wildman–Crippen LogP) is 1.24. The normalized spacial score (nSPS) is 8.92. The third kappa shape index (κ3) is 2.06. The molecule has 66 valence electrons. The summed E-state index contributed by atoms with van der Waals surface area (Å²) in [5.41, 5.74) is 0.660. The van der Waals surface area contributed by atoms with Gasteiger partial charge in [0, 0.05) is 6.20 Å². The van der Waals surface area contributed by atoms with E-state index in [2.05, 4.69) is 10.9 Å². The molecule has 0 fully saturated rings. The summed E-state index contributed by atoms with van der Waals surface area (Å²) < 4.78 is 4.77. The maximum absolute atomic E-state index is 11.2. The standard InChI is InChI=1S/C10H9NO2/c1-3-8-6-5-7-11-9(8)10(12)13-4-2/h1,5-7H,4H2,2H3. The van der Waals surface area contributed by atoms with Gasteiger partial charge in [-0.15, -0.1) is 6.42 Å². The first-order chi connectivity index (χ1) is 6.29. The van der Waals surface area contributed by atoms with E-state index in [-0.39, 0.29) is 5.69 Å². The topological polar surface area (TPSA) is 39.2 Å². The molecule has 0 bridgehead atoms. The summed E-state index contributed by atoms with van der Waals surface area (Å²) in [6.07, 6.45) is 6.69. The second-order valence-corrected chi connectivity index (χ2v) is 2.26. The summed E-state index contributed by atoms with van der Waals surface area (Å²) in [6, 6.07) is 3.33. The Morgan fingerprint density at radius 1 is 1.77 bits per heavy atom. The monoisotopic (exact) mass is 175 g/mol. The highest BCUT2D eigenvalue weighted by Gasteiger charge is 2.11. The van der Waals surface area contributed by atoms with E-state index in [1.54, 1.807) is 19.1 Å². The number of hydrogen-bond acceptors (Lipinski definition) is 3. The summed E-state index contributed by atoms with van der Waals surface area (Å²) >= 11 is 0. The van der Waals surface area contributed by atoms with Crippen molar-refractivity contribution in [1.29, 1.82) is 0 Å². The zero-order valence-electron chi connectivity index (χ0n) is 7.28. The van der Waals surface area contributed by atoms with Crippen LogP contribution in [0.15, 0.2) is 18.3 Å². The fourth-order valence-corrected chi connectivity index (χ4v) is 0.884. The molecule has 0 amide bonds. The summed E-state index contributed by atoms with van der Waals surface area (Å²) in [7, 11) is 0. The Balaban J connectivity index is 3.01. The van der Waals surface area contributed by atoms with Crippen molar-refractivity contribution in [3.05, 3.63) is 29.6 Å². The number of carbonyl (C=O) groups is 1. The highest BCUT2D eigenvalue weighted by molar-refractivity contribution is 5.90. The van der Waals surface area contributed by atoms with Gasteiger partial charge in [0.05, 0.1) is 12.2 Å². The van der Waals surface area contributed by atoms with E-state index in [1.807, 2.05) is 0 Å². The van der Waals surface area contributed by atoms with Crippen LogP contribution in [-0.2, 0) is 4.74 Å². The van der Waals surface area contributed by atoms with E-state index in [1.165, 1.54) is 6.20 Å². The quantitative estimate of drug-likeness (QED) is 0.501. The number of pyridine rings is 1. The number of rotatable bonds is 2.